The molecule has 0 saturated heterocycles. The molecule has 0 N–H and O–H groups in total. The van der Waals surface area contributed by atoms with E-state index in [1.807, 2.05) is 13.0 Å². The third kappa shape index (κ3) is 0.956. The molecule has 0 aliphatic carbocycles. The maximum atomic E-state index is 11.2. The Morgan fingerprint density at radius 2 is 2.33 bits per heavy atom. The van der Waals surface area contributed by atoms with Gasteiger partial charge in [0.1, 0.15) is 4.83 Å². The van der Waals surface area contributed by atoms with Gasteiger partial charge in [-0.2, -0.15) is 0 Å². The Labute approximate surface area is 73.3 Å². The highest BCUT2D eigenvalue weighted by atomic mass is 32.1. The first-order chi connectivity index (χ1) is 5.68. The van der Waals surface area contributed by atoms with Gasteiger partial charge in [0, 0.05) is 13.2 Å². The zero-order valence-electron chi connectivity index (χ0n) is 6.87. The normalized spacial score (nSPS) is 10.8. The van der Waals surface area contributed by atoms with Crippen LogP contribution in [0, 0.1) is 6.92 Å². The number of nitrogens with zero attached hydrogens (tertiary/aromatic N) is 2. The number of aryl methyl sites for hydroxylation is 2. The van der Waals surface area contributed by atoms with Crippen molar-refractivity contribution in [2.45, 2.75) is 6.92 Å². The van der Waals surface area contributed by atoms with E-state index in [4.69, 9.17) is 0 Å². The molecule has 0 aliphatic heterocycles. The summed E-state index contributed by atoms with van der Waals surface area (Å²) in [5.74, 6) is 0. The largest absolute Gasteiger partial charge is 0.309 e. The fourth-order valence-electron chi connectivity index (χ4n) is 1.11. The average Bonchev–Trinajstić information content (AvgIpc) is 2.31. The summed E-state index contributed by atoms with van der Waals surface area (Å²) in [6.45, 7) is 1.97. The summed E-state index contributed by atoms with van der Waals surface area (Å²) in [6.07, 6.45) is 1.78. The van der Waals surface area contributed by atoms with Crippen LogP contribution in [0.4, 0.5) is 0 Å². The summed E-state index contributed by atoms with van der Waals surface area (Å²) < 4.78 is 1.62. The number of rotatable bonds is 0. The van der Waals surface area contributed by atoms with Crippen LogP contribution in [-0.2, 0) is 7.05 Å². The average molecular weight is 180 g/mol. The first-order valence-electron chi connectivity index (χ1n) is 3.60. The lowest BCUT2D eigenvalue weighted by Crippen LogP contribution is -2.06. The van der Waals surface area contributed by atoms with E-state index < -0.39 is 0 Å². The number of hydrogen-bond acceptors (Lipinski definition) is 3. The van der Waals surface area contributed by atoms with Crippen LogP contribution in [0.15, 0.2) is 17.1 Å². The van der Waals surface area contributed by atoms with Crippen molar-refractivity contribution in [2.75, 3.05) is 0 Å². The minimum absolute atomic E-state index is 0.0445. The Morgan fingerprint density at radius 1 is 1.58 bits per heavy atom. The lowest BCUT2D eigenvalue weighted by atomic mass is 10.3. The molecule has 0 amide bonds. The molecule has 2 rings (SSSR count). The van der Waals surface area contributed by atoms with E-state index in [0.29, 0.717) is 0 Å². The van der Waals surface area contributed by atoms with E-state index in [1.54, 1.807) is 17.8 Å². The Balaban J connectivity index is 2.98. The monoisotopic (exact) mass is 180 g/mol. The van der Waals surface area contributed by atoms with Crippen LogP contribution in [0.2, 0.25) is 0 Å². The van der Waals surface area contributed by atoms with Gasteiger partial charge in [-0.1, -0.05) is 11.3 Å². The number of thiazole rings is 1. The van der Waals surface area contributed by atoms with Gasteiger partial charge in [0.2, 0.25) is 0 Å². The van der Waals surface area contributed by atoms with Crippen molar-refractivity contribution >= 4 is 21.7 Å². The third-order valence-corrected chi connectivity index (χ3v) is 2.74. The van der Waals surface area contributed by atoms with Crippen LogP contribution in [-0.4, -0.2) is 9.55 Å². The fraction of sp³-hybridized carbons (Fsp3) is 0.250. The molecule has 0 aliphatic rings. The Hall–Kier alpha value is -1.16. The highest BCUT2D eigenvalue weighted by molar-refractivity contribution is 7.15. The Bertz CT molecular complexity index is 483. The minimum atomic E-state index is 0.0445. The molecular formula is C8H8N2OS. The summed E-state index contributed by atoms with van der Waals surface area (Å²) in [7, 11) is 1.77. The number of pyridine rings is 1. The maximum absolute atomic E-state index is 11.2. The van der Waals surface area contributed by atoms with Gasteiger partial charge in [-0.05, 0) is 18.6 Å². The van der Waals surface area contributed by atoms with Gasteiger partial charge in [-0.3, -0.25) is 4.79 Å². The predicted octanol–water partition coefficient (Wildman–Crippen LogP) is 1.30. The van der Waals surface area contributed by atoms with Gasteiger partial charge in [-0.15, -0.1) is 0 Å². The summed E-state index contributed by atoms with van der Waals surface area (Å²) in [6, 6.07) is 1.97. The molecule has 0 aromatic carbocycles. The van der Waals surface area contributed by atoms with Crippen molar-refractivity contribution in [3.8, 4) is 0 Å². The third-order valence-electron chi connectivity index (χ3n) is 1.79. The lowest BCUT2D eigenvalue weighted by molar-refractivity contribution is 0.936. The highest BCUT2D eigenvalue weighted by Gasteiger charge is 2.03. The molecule has 2 aromatic rings. The Kier molecular flexibility index (Phi) is 1.51. The smallest absolute Gasteiger partial charge is 0.300 e. The second kappa shape index (κ2) is 2.42. The van der Waals surface area contributed by atoms with Crippen LogP contribution in [0.25, 0.3) is 10.3 Å². The number of aromatic nitrogens is 2. The summed E-state index contributed by atoms with van der Waals surface area (Å²) >= 11 is 1.18. The van der Waals surface area contributed by atoms with Crippen LogP contribution in [0.1, 0.15) is 5.56 Å². The van der Waals surface area contributed by atoms with Gasteiger partial charge >= 0.3 is 4.87 Å². The summed E-state index contributed by atoms with van der Waals surface area (Å²) in [5, 5.41) is 0. The molecule has 0 atom stereocenters. The van der Waals surface area contributed by atoms with Crippen LogP contribution < -0.4 is 4.87 Å². The molecule has 62 valence electrons. The van der Waals surface area contributed by atoms with Gasteiger partial charge in [-0.25, -0.2) is 4.98 Å². The fourth-order valence-corrected chi connectivity index (χ4v) is 1.92. The van der Waals surface area contributed by atoms with Crippen LogP contribution in [0.5, 0.6) is 0 Å². The number of hydrogen-bond donors (Lipinski definition) is 0. The molecular weight excluding hydrogens is 172 g/mol. The molecule has 2 heterocycles. The van der Waals surface area contributed by atoms with E-state index in [-0.39, 0.29) is 4.87 Å². The zero-order valence-corrected chi connectivity index (χ0v) is 7.68. The molecule has 3 nitrogen and oxygen atoms in total. The molecule has 2 aromatic heterocycles. The SMILES string of the molecule is Cc1cnc2sc(=O)n(C)c2c1. The molecule has 12 heavy (non-hydrogen) atoms. The van der Waals surface area contributed by atoms with Crippen molar-refractivity contribution in [3.05, 3.63) is 27.5 Å². The van der Waals surface area contributed by atoms with Gasteiger partial charge in [0.05, 0.1) is 5.52 Å². The second-order valence-corrected chi connectivity index (χ2v) is 3.70. The molecule has 0 saturated carbocycles. The van der Waals surface area contributed by atoms with Gasteiger partial charge < -0.3 is 4.57 Å². The minimum Gasteiger partial charge on any atom is -0.300 e. The van der Waals surface area contributed by atoms with E-state index in [0.717, 1.165) is 15.9 Å². The molecule has 0 spiro atoms. The first kappa shape index (κ1) is 7.49. The molecule has 0 fully saturated rings. The van der Waals surface area contributed by atoms with E-state index in [9.17, 15) is 4.79 Å². The molecule has 0 radical (unpaired) electrons. The van der Waals surface area contributed by atoms with Gasteiger partial charge in [0.15, 0.2) is 0 Å². The van der Waals surface area contributed by atoms with Crippen molar-refractivity contribution < 1.29 is 0 Å². The lowest BCUT2D eigenvalue weighted by Gasteiger charge is -1.93. The first-order valence-corrected chi connectivity index (χ1v) is 4.42. The van der Waals surface area contributed by atoms with Crippen molar-refractivity contribution in [2.24, 2.45) is 7.05 Å². The Morgan fingerprint density at radius 3 is 3.08 bits per heavy atom. The summed E-state index contributed by atoms with van der Waals surface area (Å²) in [5.41, 5.74) is 2.00. The van der Waals surface area contributed by atoms with E-state index >= 15 is 0 Å². The second-order valence-electron chi connectivity index (χ2n) is 2.76. The molecule has 0 bridgehead atoms. The molecule has 4 heteroatoms. The topological polar surface area (TPSA) is 34.9 Å². The van der Waals surface area contributed by atoms with Crippen LogP contribution >= 0.6 is 11.3 Å². The maximum Gasteiger partial charge on any atom is 0.309 e. The number of fused-ring (bicyclic) bond motifs is 1. The standard InChI is InChI=1S/C8H8N2OS/c1-5-3-6-7(9-4-5)12-8(11)10(6)2/h3-4H,1-2H3. The van der Waals surface area contributed by atoms with Crippen molar-refractivity contribution in [3.63, 3.8) is 0 Å². The van der Waals surface area contributed by atoms with Crippen molar-refractivity contribution in [1.82, 2.24) is 9.55 Å². The predicted molar refractivity (Wildman–Crippen MR) is 49.6 cm³/mol. The van der Waals surface area contributed by atoms with Crippen molar-refractivity contribution in [1.29, 1.82) is 0 Å². The van der Waals surface area contributed by atoms with Gasteiger partial charge in [0.25, 0.3) is 0 Å². The summed E-state index contributed by atoms with van der Waals surface area (Å²) in [4.78, 5) is 16.2. The molecule has 0 unspecified atom stereocenters. The zero-order chi connectivity index (χ0) is 8.72. The highest BCUT2D eigenvalue weighted by Crippen LogP contribution is 2.13. The van der Waals surface area contributed by atoms with E-state index in [1.165, 1.54) is 11.3 Å². The van der Waals surface area contributed by atoms with Crippen LogP contribution in [0.3, 0.4) is 0 Å². The van der Waals surface area contributed by atoms with E-state index in [2.05, 4.69) is 4.98 Å². The quantitative estimate of drug-likeness (QED) is 0.612.